The third-order valence-corrected chi connectivity index (χ3v) is 4.18. The molecule has 0 fully saturated rings. The number of rotatable bonds is 11. The number of unbranched alkanes of at least 4 members (excludes halogenated alkanes) is 5. The first-order valence-corrected chi connectivity index (χ1v) is 8.97. The summed E-state index contributed by atoms with van der Waals surface area (Å²) in [5, 5.41) is 0.682. The number of amides is 1. The molecule has 0 saturated carbocycles. The normalized spacial score (nSPS) is 10.6. The van der Waals surface area contributed by atoms with E-state index in [1.165, 1.54) is 0 Å². The Balaban J connectivity index is 2.21. The van der Waals surface area contributed by atoms with Gasteiger partial charge in [-0.2, -0.15) is 0 Å². The highest BCUT2D eigenvalue weighted by molar-refractivity contribution is 6.30. The van der Waals surface area contributed by atoms with E-state index in [0.717, 1.165) is 44.2 Å². The molecule has 0 atom stereocenters. The molecule has 0 heterocycles. The molecule has 1 aromatic rings. The van der Waals surface area contributed by atoms with Crippen molar-refractivity contribution in [2.45, 2.75) is 65.2 Å². The lowest BCUT2D eigenvalue weighted by atomic mass is 10.1. The molecular weight excluding hydrogens is 310 g/mol. The standard InChI is InChI=1S/C19H28ClNO2/c1-3-21(18-14-12-17(20)13-15-18)19(23)11-9-7-5-4-6-8-10-16(2)22/h12-15H,3-11H2,1-2H3. The molecule has 0 aliphatic carbocycles. The Labute approximate surface area is 145 Å². The second-order valence-electron chi connectivity index (χ2n) is 5.94. The van der Waals surface area contributed by atoms with Gasteiger partial charge in [-0.3, -0.25) is 4.79 Å². The number of hydrogen-bond donors (Lipinski definition) is 0. The van der Waals surface area contributed by atoms with E-state index in [1.54, 1.807) is 6.92 Å². The number of Topliss-reactive ketones (excluding diaryl/α,β-unsaturated/α-hetero) is 1. The lowest BCUT2D eigenvalue weighted by Gasteiger charge is -2.21. The molecule has 3 nitrogen and oxygen atoms in total. The van der Waals surface area contributed by atoms with Crippen LogP contribution in [0.5, 0.6) is 0 Å². The molecule has 0 radical (unpaired) electrons. The Kier molecular flexibility index (Phi) is 9.61. The van der Waals surface area contributed by atoms with Gasteiger partial charge in [-0.05, 0) is 51.0 Å². The Morgan fingerprint density at radius 2 is 1.43 bits per heavy atom. The lowest BCUT2D eigenvalue weighted by molar-refractivity contribution is -0.119. The molecule has 0 aromatic heterocycles. The van der Waals surface area contributed by atoms with Crippen molar-refractivity contribution in [1.82, 2.24) is 0 Å². The van der Waals surface area contributed by atoms with Crippen molar-refractivity contribution in [2.75, 3.05) is 11.4 Å². The van der Waals surface area contributed by atoms with E-state index in [9.17, 15) is 9.59 Å². The van der Waals surface area contributed by atoms with Gasteiger partial charge in [-0.15, -0.1) is 0 Å². The smallest absolute Gasteiger partial charge is 0.226 e. The number of hydrogen-bond acceptors (Lipinski definition) is 2. The fourth-order valence-corrected chi connectivity index (χ4v) is 2.74. The van der Waals surface area contributed by atoms with E-state index in [-0.39, 0.29) is 11.7 Å². The third-order valence-electron chi connectivity index (χ3n) is 3.93. The number of anilines is 1. The zero-order valence-corrected chi connectivity index (χ0v) is 15.1. The molecular formula is C19H28ClNO2. The van der Waals surface area contributed by atoms with Crippen LogP contribution >= 0.6 is 11.6 Å². The van der Waals surface area contributed by atoms with Gasteiger partial charge >= 0.3 is 0 Å². The van der Waals surface area contributed by atoms with Crippen LogP contribution in [0.25, 0.3) is 0 Å². The fraction of sp³-hybridized carbons (Fsp3) is 0.579. The highest BCUT2D eigenvalue weighted by Gasteiger charge is 2.13. The summed E-state index contributed by atoms with van der Waals surface area (Å²) in [6, 6.07) is 7.40. The predicted molar refractivity (Wildman–Crippen MR) is 97.1 cm³/mol. The van der Waals surface area contributed by atoms with E-state index in [4.69, 9.17) is 11.6 Å². The maximum Gasteiger partial charge on any atom is 0.226 e. The first-order valence-electron chi connectivity index (χ1n) is 8.60. The number of benzene rings is 1. The van der Waals surface area contributed by atoms with Crippen LogP contribution in [0.15, 0.2) is 24.3 Å². The Morgan fingerprint density at radius 3 is 1.96 bits per heavy atom. The summed E-state index contributed by atoms with van der Waals surface area (Å²) in [5.41, 5.74) is 0.908. The molecule has 0 aliphatic rings. The predicted octanol–water partition coefficient (Wildman–Crippen LogP) is 5.40. The Hall–Kier alpha value is -1.35. The number of carbonyl (C=O) groups excluding carboxylic acids is 2. The van der Waals surface area contributed by atoms with Crippen LogP contribution in [-0.2, 0) is 9.59 Å². The molecule has 0 saturated heterocycles. The average molecular weight is 338 g/mol. The minimum atomic E-state index is 0.173. The molecule has 0 N–H and O–H groups in total. The third kappa shape index (κ3) is 8.17. The quantitative estimate of drug-likeness (QED) is 0.507. The van der Waals surface area contributed by atoms with Crippen molar-refractivity contribution in [1.29, 1.82) is 0 Å². The van der Waals surface area contributed by atoms with E-state index in [2.05, 4.69) is 0 Å². The van der Waals surface area contributed by atoms with Gasteiger partial charge in [0.1, 0.15) is 5.78 Å². The van der Waals surface area contributed by atoms with Crippen molar-refractivity contribution in [3.05, 3.63) is 29.3 Å². The minimum Gasteiger partial charge on any atom is -0.313 e. The second-order valence-corrected chi connectivity index (χ2v) is 6.37. The summed E-state index contributed by atoms with van der Waals surface area (Å²) in [5.74, 6) is 0.448. The molecule has 1 amide bonds. The molecule has 1 rings (SSSR count). The first-order chi connectivity index (χ1) is 11.0. The number of halogens is 1. The molecule has 1 aromatic carbocycles. The highest BCUT2D eigenvalue weighted by atomic mass is 35.5. The van der Waals surface area contributed by atoms with Crippen LogP contribution in [-0.4, -0.2) is 18.2 Å². The van der Waals surface area contributed by atoms with E-state index in [0.29, 0.717) is 24.4 Å². The van der Waals surface area contributed by atoms with Crippen molar-refractivity contribution in [3.63, 3.8) is 0 Å². The topological polar surface area (TPSA) is 37.4 Å². The molecule has 0 bridgehead atoms. The minimum absolute atomic E-state index is 0.173. The van der Waals surface area contributed by atoms with Crippen LogP contribution < -0.4 is 4.90 Å². The summed E-state index contributed by atoms with van der Waals surface area (Å²) < 4.78 is 0. The highest BCUT2D eigenvalue weighted by Crippen LogP contribution is 2.19. The van der Waals surface area contributed by atoms with Gasteiger partial charge in [-0.25, -0.2) is 0 Å². The summed E-state index contributed by atoms with van der Waals surface area (Å²) in [7, 11) is 0. The summed E-state index contributed by atoms with van der Waals surface area (Å²) >= 11 is 5.89. The van der Waals surface area contributed by atoms with Crippen LogP contribution in [0.2, 0.25) is 5.02 Å². The van der Waals surface area contributed by atoms with Gasteiger partial charge in [0.05, 0.1) is 0 Å². The van der Waals surface area contributed by atoms with Crippen LogP contribution in [0.3, 0.4) is 0 Å². The summed E-state index contributed by atoms with van der Waals surface area (Å²) in [4.78, 5) is 25.0. The van der Waals surface area contributed by atoms with Gasteiger partial charge < -0.3 is 9.69 Å². The zero-order valence-electron chi connectivity index (χ0n) is 14.3. The van der Waals surface area contributed by atoms with Crippen LogP contribution in [0.4, 0.5) is 5.69 Å². The van der Waals surface area contributed by atoms with Crippen molar-refractivity contribution < 1.29 is 9.59 Å². The molecule has 4 heteroatoms. The van der Waals surface area contributed by atoms with E-state index >= 15 is 0 Å². The molecule has 128 valence electrons. The fourth-order valence-electron chi connectivity index (χ4n) is 2.62. The number of ketones is 1. The lowest BCUT2D eigenvalue weighted by Crippen LogP contribution is -2.30. The molecule has 0 unspecified atom stereocenters. The SMILES string of the molecule is CCN(C(=O)CCCCCCCCC(C)=O)c1ccc(Cl)cc1. The first kappa shape index (κ1) is 19.7. The summed E-state index contributed by atoms with van der Waals surface area (Å²) in [6.07, 6.45) is 7.68. The van der Waals surface area contributed by atoms with Gasteiger partial charge in [0.15, 0.2) is 0 Å². The van der Waals surface area contributed by atoms with E-state index < -0.39 is 0 Å². The Morgan fingerprint density at radius 1 is 0.913 bits per heavy atom. The largest absolute Gasteiger partial charge is 0.313 e. The monoisotopic (exact) mass is 337 g/mol. The summed E-state index contributed by atoms with van der Waals surface area (Å²) in [6.45, 7) is 4.30. The van der Waals surface area contributed by atoms with Crippen molar-refractivity contribution in [3.8, 4) is 0 Å². The van der Waals surface area contributed by atoms with Gasteiger partial charge in [0, 0.05) is 30.1 Å². The zero-order chi connectivity index (χ0) is 17.1. The molecule has 0 spiro atoms. The van der Waals surface area contributed by atoms with Crippen LogP contribution in [0.1, 0.15) is 65.2 Å². The van der Waals surface area contributed by atoms with Gasteiger partial charge in [0.2, 0.25) is 5.91 Å². The number of carbonyl (C=O) groups is 2. The van der Waals surface area contributed by atoms with Gasteiger partial charge in [0.25, 0.3) is 0 Å². The second kappa shape index (κ2) is 11.2. The molecule has 0 aliphatic heterocycles. The molecule has 23 heavy (non-hydrogen) atoms. The van der Waals surface area contributed by atoms with Crippen molar-refractivity contribution in [2.24, 2.45) is 0 Å². The van der Waals surface area contributed by atoms with E-state index in [1.807, 2.05) is 36.1 Å². The average Bonchev–Trinajstić information content (AvgIpc) is 2.52. The maximum atomic E-state index is 12.3. The van der Waals surface area contributed by atoms with Crippen LogP contribution in [0, 0.1) is 0 Å². The van der Waals surface area contributed by atoms with Crippen molar-refractivity contribution >= 4 is 29.0 Å². The van der Waals surface area contributed by atoms with Gasteiger partial charge in [-0.1, -0.05) is 37.3 Å². The Bertz CT molecular complexity index is 485. The maximum absolute atomic E-state index is 12.3. The number of nitrogens with zero attached hydrogens (tertiary/aromatic N) is 1.